The molecule has 6 heteroatoms. The van der Waals surface area contributed by atoms with E-state index in [9.17, 15) is 19.8 Å². The lowest BCUT2D eigenvalue weighted by atomic mass is 9.71. The van der Waals surface area contributed by atoms with E-state index in [1.54, 1.807) is 45.0 Å². The molecule has 2 rings (SSSR count). The van der Waals surface area contributed by atoms with E-state index in [4.69, 9.17) is 11.6 Å². The summed E-state index contributed by atoms with van der Waals surface area (Å²) >= 11 is 6.31. The zero-order valence-electron chi connectivity index (χ0n) is 13.5. The first kappa shape index (κ1) is 17.8. The second-order valence-corrected chi connectivity index (χ2v) is 7.31. The van der Waals surface area contributed by atoms with E-state index < -0.39 is 29.1 Å². The second kappa shape index (κ2) is 6.13. The third-order valence-electron chi connectivity index (χ3n) is 4.29. The van der Waals surface area contributed by atoms with Crippen LogP contribution in [0.5, 0.6) is 0 Å². The molecule has 1 aliphatic rings. The lowest BCUT2D eigenvalue weighted by Crippen LogP contribution is -2.64. The zero-order valence-corrected chi connectivity index (χ0v) is 14.3. The maximum Gasteiger partial charge on any atom is 0.408 e. The van der Waals surface area contributed by atoms with Gasteiger partial charge in [0.1, 0.15) is 11.6 Å². The van der Waals surface area contributed by atoms with Crippen LogP contribution < -0.4 is 0 Å². The molecule has 0 heterocycles. The fourth-order valence-corrected chi connectivity index (χ4v) is 3.80. The Kier molecular flexibility index (Phi) is 4.74. The van der Waals surface area contributed by atoms with Crippen molar-refractivity contribution in [1.82, 2.24) is 4.90 Å². The molecular formula is C17H22ClNO4. The van der Waals surface area contributed by atoms with Crippen molar-refractivity contribution in [1.29, 1.82) is 0 Å². The Balaban J connectivity index is 2.77. The molecule has 0 spiro atoms. The summed E-state index contributed by atoms with van der Waals surface area (Å²) in [4.78, 5) is 26.2. The molecule has 126 valence electrons. The topological polar surface area (TPSA) is 77.8 Å². The maximum atomic E-state index is 13.0. The van der Waals surface area contributed by atoms with E-state index in [0.717, 1.165) is 4.90 Å². The van der Waals surface area contributed by atoms with Gasteiger partial charge < -0.3 is 10.2 Å². The largest absolute Gasteiger partial charge is 0.465 e. The Hall–Kier alpha value is -1.59. The van der Waals surface area contributed by atoms with Crippen molar-refractivity contribution in [3.05, 3.63) is 34.9 Å². The Morgan fingerprint density at radius 3 is 2.48 bits per heavy atom. The van der Waals surface area contributed by atoms with Crippen molar-refractivity contribution in [3.8, 4) is 0 Å². The van der Waals surface area contributed by atoms with E-state index in [1.807, 2.05) is 0 Å². The minimum atomic E-state index is -1.47. The molecule has 0 aromatic heterocycles. The van der Waals surface area contributed by atoms with Gasteiger partial charge in [0.15, 0.2) is 5.78 Å². The number of amides is 1. The molecule has 1 aliphatic carbocycles. The summed E-state index contributed by atoms with van der Waals surface area (Å²) in [5, 5.41) is 20.3. The van der Waals surface area contributed by atoms with Gasteiger partial charge in [0.05, 0.1) is 0 Å². The van der Waals surface area contributed by atoms with Gasteiger partial charge in [-0.25, -0.2) is 4.79 Å². The van der Waals surface area contributed by atoms with Gasteiger partial charge in [-0.05, 0) is 46.1 Å². The number of benzene rings is 1. The number of aliphatic hydroxyl groups is 1. The normalized spacial score (nSPS) is 25.3. The molecule has 2 unspecified atom stereocenters. The van der Waals surface area contributed by atoms with E-state index in [2.05, 4.69) is 0 Å². The molecule has 0 bridgehead atoms. The fourth-order valence-electron chi connectivity index (χ4n) is 3.51. The monoisotopic (exact) mass is 339 g/mol. The number of nitrogens with zero attached hydrogens (tertiary/aromatic N) is 1. The lowest BCUT2D eigenvalue weighted by molar-refractivity contribution is -0.148. The molecule has 1 amide bonds. The van der Waals surface area contributed by atoms with E-state index in [1.165, 1.54) is 0 Å². The van der Waals surface area contributed by atoms with E-state index in [-0.39, 0.29) is 0 Å². The van der Waals surface area contributed by atoms with Crippen LogP contribution in [0.4, 0.5) is 4.79 Å². The van der Waals surface area contributed by atoms with Crippen LogP contribution in [0.2, 0.25) is 5.02 Å². The average molecular weight is 340 g/mol. The third-order valence-corrected chi connectivity index (χ3v) is 4.62. The number of rotatable bonds is 2. The summed E-state index contributed by atoms with van der Waals surface area (Å²) in [5.41, 5.74) is -1.87. The number of aliphatic hydroxyl groups excluding tert-OH is 1. The fraction of sp³-hybridized carbons (Fsp3) is 0.529. The average Bonchev–Trinajstić information content (AvgIpc) is 2.42. The molecule has 1 aromatic carbocycles. The number of halogens is 1. The number of carbonyl (C=O) groups is 2. The molecule has 1 saturated carbocycles. The Morgan fingerprint density at radius 1 is 1.35 bits per heavy atom. The van der Waals surface area contributed by atoms with Gasteiger partial charge in [-0.3, -0.25) is 9.69 Å². The summed E-state index contributed by atoms with van der Waals surface area (Å²) in [6.45, 7) is 5.19. The minimum absolute atomic E-state index is 0.302. The van der Waals surface area contributed by atoms with Crippen LogP contribution in [0.15, 0.2) is 24.3 Å². The standard InChI is InChI=1S/C17H22ClNO4/c1-16(2,3)19(15(22)23)17(10-6-9-13(20)14(17)21)11-7-4-5-8-12(11)18/h4-5,7-8,13,20H,6,9-10H2,1-3H3,(H,22,23). The van der Waals surface area contributed by atoms with Gasteiger partial charge in [0.2, 0.25) is 0 Å². The Bertz CT molecular complexity index is 625. The first-order chi connectivity index (χ1) is 10.6. The van der Waals surface area contributed by atoms with E-state index >= 15 is 0 Å². The number of carbonyl (C=O) groups excluding carboxylic acids is 1. The van der Waals surface area contributed by atoms with Gasteiger partial charge in [-0.2, -0.15) is 0 Å². The minimum Gasteiger partial charge on any atom is -0.465 e. The molecule has 0 saturated heterocycles. The quantitative estimate of drug-likeness (QED) is 0.865. The predicted octanol–water partition coefficient (Wildman–Crippen LogP) is 3.43. The number of Topliss-reactive ketones (excluding diaryl/α,β-unsaturated/α-hetero) is 1. The van der Waals surface area contributed by atoms with Gasteiger partial charge in [0, 0.05) is 16.1 Å². The Labute approximate surface area is 140 Å². The SMILES string of the molecule is CC(C)(C)N(C(=O)O)C1(c2ccccc2Cl)CCCC(O)C1=O. The molecule has 0 aliphatic heterocycles. The van der Waals surface area contributed by atoms with Crippen LogP contribution in [-0.4, -0.2) is 38.6 Å². The Morgan fingerprint density at radius 2 is 1.96 bits per heavy atom. The first-order valence-corrected chi connectivity index (χ1v) is 8.01. The molecule has 23 heavy (non-hydrogen) atoms. The van der Waals surface area contributed by atoms with Gasteiger partial charge in [-0.1, -0.05) is 29.8 Å². The highest BCUT2D eigenvalue weighted by Gasteiger charge is 2.55. The highest BCUT2D eigenvalue weighted by Crippen LogP contribution is 2.45. The molecular weight excluding hydrogens is 318 g/mol. The van der Waals surface area contributed by atoms with Crippen LogP contribution in [0.1, 0.15) is 45.6 Å². The van der Waals surface area contributed by atoms with Crippen molar-refractivity contribution in [2.75, 3.05) is 0 Å². The summed E-state index contributed by atoms with van der Waals surface area (Å²) in [6.07, 6.45) is -1.22. The van der Waals surface area contributed by atoms with Crippen LogP contribution in [-0.2, 0) is 10.3 Å². The lowest BCUT2D eigenvalue weighted by Gasteiger charge is -2.50. The predicted molar refractivity (Wildman–Crippen MR) is 87.6 cm³/mol. The number of ketones is 1. The molecule has 5 nitrogen and oxygen atoms in total. The van der Waals surface area contributed by atoms with Gasteiger partial charge >= 0.3 is 6.09 Å². The second-order valence-electron chi connectivity index (χ2n) is 6.90. The number of hydrogen-bond donors (Lipinski definition) is 2. The van der Waals surface area contributed by atoms with Crippen molar-refractivity contribution in [2.45, 2.75) is 57.2 Å². The summed E-state index contributed by atoms with van der Waals surface area (Å²) < 4.78 is 0. The summed E-state index contributed by atoms with van der Waals surface area (Å²) in [6, 6.07) is 6.75. The van der Waals surface area contributed by atoms with Crippen LogP contribution in [0, 0.1) is 0 Å². The van der Waals surface area contributed by atoms with Crippen molar-refractivity contribution in [3.63, 3.8) is 0 Å². The first-order valence-electron chi connectivity index (χ1n) is 7.63. The van der Waals surface area contributed by atoms with Crippen molar-refractivity contribution < 1.29 is 19.8 Å². The molecule has 0 radical (unpaired) electrons. The third kappa shape index (κ3) is 2.95. The highest BCUT2D eigenvalue weighted by atomic mass is 35.5. The molecule has 2 atom stereocenters. The maximum absolute atomic E-state index is 13.0. The van der Waals surface area contributed by atoms with Crippen molar-refractivity contribution in [2.24, 2.45) is 0 Å². The van der Waals surface area contributed by atoms with Crippen LogP contribution >= 0.6 is 11.6 Å². The molecule has 1 aromatic rings. The summed E-state index contributed by atoms with van der Waals surface area (Å²) in [5.74, 6) is -0.505. The summed E-state index contributed by atoms with van der Waals surface area (Å²) in [7, 11) is 0. The smallest absolute Gasteiger partial charge is 0.408 e. The van der Waals surface area contributed by atoms with Crippen LogP contribution in [0.25, 0.3) is 0 Å². The highest BCUT2D eigenvalue weighted by molar-refractivity contribution is 6.31. The van der Waals surface area contributed by atoms with Crippen LogP contribution in [0.3, 0.4) is 0 Å². The van der Waals surface area contributed by atoms with Crippen molar-refractivity contribution >= 4 is 23.5 Å². The van der Waals surface area contributed by atoms with Gasteiger partial charge in [0.25, 0.3) is 0 Å². The van der Waals surface area contributed by atoms with Gasteiger partial charge in [-0.15, -0.1) is 0 Å². The zero-order chi connectivity index (χ0) is 17.4. The van der Waals surface area contributed by atoms with E-state index in [0.29, 0.717) is 29.8 Å². The number of carboxylic acid groups (broad SMARTS) is 1. The molecule has 2 N–H and O–H groups in total. The number of hydrogen-bond acceptors (Lipinski definition) is 3. The molecule has 1 fully saturated rings.